The third-order valence-electron chi connectivity index (χ3n) is 6.39. The van der Waals surface area contributed by atoms with Crippen molar-refractivity contribution in [2.75, 3.05) is 13.1 Å². The Kier molecular flexibility index (Phi) is 3.88. The van der Waals surface area contributed by atoms with Crippen molar-refractivity contribution in [2.45, 2.75) is 12.8 Å². The first-order valence-corrected chi connectivity index (χ1v) is 10.5. The highest BCUT2D eigenvalue weighted by Crippen LogP contribution is 2.33. The third kappa shape index (κ3) is 2.82. The Morgan fingerprint density at radius 2 is 1.52 bits per heavy atom. The molecule has 0 amide bonds. The van der Waals surface area contributed by atoms with Crippen LogP contribution in [0.4, 0.5) is 0 Å². The largest absolute Gasteiger partial charge is 0.309 e. The van der Waals surface area contributed by atoms with Crippen molar-refractivity contribution in [1.82, 2.24) is 5.32 Å². The molecular formula is C28H23N. The Bertz CT molecular complexity index is 1370. The zero-order valence-electron chi connectivity index (χ0n) is 16.4. The van der Waals surface area contributed by atoms with Crippen molar-refractivity contribution >= 4 is 32.3 Å². The van der Waals surface area contributed by atoms with E-state index in [-0.39, 0.29) is 0 Å². The summed E-state index contributed by atoms with van der Waals surface area (Å²) in [6, 6.07) is 24.8. The first-order valence-electron chi connectivity index (χ1n) is 10.5. The Hall–Kier alpha value is -3.16. The number of nitrogens with one attached hydrogen (secondary N) is 1. The van der Waals surface area contributed by atoms with Gasteiger partial charge in [0.2, 0.25) is 0 Å². The van der Waals surface area contributed by atoms with Crippen molar-refractivity contribution < 1.29 is 0 Å². The van der Waals surface area contributed by atoms with Gasteiger partial charge in [0.05, 0.1) is 0 Å². The van der Waals surface area contributed by atoms with Crippen LogP contribution in [0.2, 0.25) is 0 Å². The van der Waals surface area contributed by atoms with Gasteiger partial charge in [-0.05, 0) is 67.4 Å². The molecule has 0 unspecified atom stereocenters. The summed E-state index contributed by atoms with van der Waals surface area (Å²) in [5, 5.41) is 11.6. The van der Waals surface area contributed by atoms with E-state index in [2.05, 4.69) is 90.3 Å². The summed E-state index contributed by atoms with van der Waals surface area (Å²) in [5.41, 5.74) is 5.82. The van der Waals surface area contributed by atoms with Gasteiger partial charge in [-0.25, -0.2) is 0 Å². The molecule has 0 spiro atoms. The minimum absolute atomic E-state index is 0.981. The van der Waals surface area contributed by atoms with E-state index in [9.17, 15) is 0 Å². The van der Waals surface area contributed by atoms with Crippen molar-refractivity contribution in [3.05, 3.63) is 107 Å². The van der Waals surface area contributed by atoms with Crippen LogP contribution < -0.4 is 5.32 Å². The van der Waals surface area contributed by atoms with Crippen LogP contribution in [-0.2, 0) is 6.42 Å². The van der Waals surface area contributed by atoms with E-state index in [0.717, 1.165) is 25.9 Å². The maximum absolute atomic E-state index is 3.58. The van der Waals surface area contributed by atoms with Crippen LogP contribution in [-0.4, -0.2) is 13.1 Å². The molecule has 1 N–H and O–H groups in total. The number of fused-ring (bicyclic) bond motifs is 6. The van der Waals surface area contributed by atoms with Gasteiger partial charge in [-0.1, -0.05) is 85.0 Å². The van der Waals surface area contributed by atoms with Crippen LogP contribution in [0.5, 0.6) is 0 Å². The summed E-state index contributed by atoms with van der Waals surface area (Å²) in [7, 11) is 0. The average molecular weight is 373 g/mol. The van der Waals surface area contributed by atoms with E-state index >= 15 is 0 Å². The lowest BCUT2D eigenvalue weighted by atomic mass is 9.88. The average Bonchev–Trinajstić information content (AvgIpc) is 2.79. The zero-order valence-corrected chi connectivity index (χ0v) is 16.4. The minimum atomic E-state index is 0.981. The van der Waals surface area contributed by atoms with E-state index in [1.54, 1.807) is 0 Å². The van der Waals surface area contributed by atoms with E-state index < -0.39 is 0 Å². The summed E-state index contributed by atoms with van der Waals surface area (Å²) in [6.07, 6.45) is 9.03. The van der Waals surface area contributed by atoms with Crippen LogP contribution in [0.15, 0.2) is 102 Å². The standard InChI is InChI=1S/C28H23N/c1-4-8-25-20(5-1)11-14-27-26(25)13-12-21-10-9-19(16-28(21)27)15-23-18-29-17-22-6-2-3-7-24(22)23/h1,3-14,16,29H,2,15,17-18H2. The molecule has 0 saturated heterocycles. The summed E-state index contributed by atoms with van der Waals surface area (Å²) in [4.78, 5) is 0. The quantitative estimate of drug-likeness (QED) is 0.397. The molecule has 0 saturated carbocycles. The van der Waals surface area contributed by atoms with Gasteiger partial charge < -0.3 is 5.32 Å². The molecule has 1 heteroatoms. The fraction of sp³-hybridized carbons (Fsp3) is 0.143. The Balaban J connectivity index is 1.50. The van der Waals surface area contributed by atoms with Gasteiger partial charge in [0.25, 0.3) is 0 Å². The van der Waals surface area contributed by atoms with E-state index in [0.29, 0.717) is 0 Å². The first-order chi connectivity index (χ1) is 14.4. The SMILES string of the molecule is C1=CC2=C(Cc3ccc4ccc5c6ccccc6ccc5c4c3)CNCC2=CC1. The molecule has 29 heavy (non-hydrogen) atoms. The van der Waals surface area contributed by atoms with Crippen LogP contribution >= 0.6 is 0 Å². The Morgan fingerprint density at radius 3 is 2.45 bits per heavy atom. The second-order valence-corrected chi connectivity index (χ2v) is 8.17. The van der Waals surface area contributed by atoms with Crippen LogP contribution in [0.1, 0.15) is 12.0 Å². The molecule has 2 aliphatic rings. The van der Waals surface area contributed by atoms with Gasteiger partial charge in [-0.2, -0.15) is 0 Å². The number of rotatable bonds is 2. The fourth-order valence-corrected chi connectivity index (χ4v) is 4.95. The fourth-order valence-electron chi connectivity index (χ4n) is 4.95. The first kappa shape index (κ1) is 16.8. The van der Waals surface area contributed by atoms with Crippen molar-refractivity contribution in [3.63, 3.8) is 0 Å². The molecule has 140 valence electrons. The van der Waals surface area contributed by atoms with Gasteiger partial charge in [-0.3, -0.25) is 0 Å². The lowest BCUT2D eigenvalue weighted by Gasteiger charge is -2.24. The number of allylic oxidation sites excluding steroid dienone is 3. The van der Waals surface area contributed by atoms with Gasteiger partial charge in [0, 0.05) is 13.1 Å². The maximum Gasteiger partial charge on any atom is 0.0211 e. The summed E-state index contributed by atoms with van der Waals surface area (Å²) in [6.45, 7) is 1.98. The molecule has 0 fully saturated rings. The molecule has 4 aromatic rings. The normalized spacial score (nSPS) is 16.5. The van der Waals surface area contributed by atoms with Gasteiger partial charge in [0.1, 0.15) is 0 Å². The molecule has 0 radical (unpaired) electrons. The van der Waals surface area contributed by atoms with Gasteiger partial charge in [0.15, 0.2) is 0 Å². The smallest absolute Gasteiger partial charge is 0.0211 e. The topological polar surface area (TPSA) is 12.0 Å². The van der Waals surface area contributed by atoms with Gasteiger partial charge >= 0.3 is 0 Å². The molecule has 1 nitrogen and oxygen atoms in total. The molecule has 6 rings (SSSR count). The van der Waals surface area contributed by atoms with Crippen molar-refractivity contribution in [2.24, 2.45) is 0 Å². The summed E-state index contributed by atoms with van der Waals surface area (Å²) >= 11 is 0. The monoisotopic (exact) mass is 373 g/mol. The van der Waals surface area contributed by atoms with Crippen molar-refractivity contribution in [3.8, 4) is 0 Å². The second kappa shape index (κ2) is 6.72. The van der Waals surface area contributed by atoms with Crippen LogP contribution in [0.25, 0.3) is 32.3 Å². The molecule has 1 aliphatic carbocycles. The molecule has 0 aromatic heterocycles. The summed E-state index contributed by atoms with van der Waals surface area (Å²) in [5.74, 6) is 0. The molecule has 0 atom stereocenters. The number of benzene rings is 4. The van der Waals surface area contributed by atoms with E-state index in [1.165, 1.54) is 54.6 Å². The number of hydrogen-bond acceptors (Lipinski definition) is 1. The highest BCUT2D eigenvalue weighted by Gasteiger charge is 2.17. The zero-order chi connectivity index (χ0) is 19.2. The summed E-state index contributed by atoms with van der Waals surface area (Å²) < 4.78 is 0. The van der Waals surface area contributed by atoms with Crippen molar-refractivity contribution in [1.29, 1.82) is 0 Å². The highest BCUT2D eigenvalue weighted by molar-refractivity contribution is 6.17. The molecule has 0 bridgehead atoms. The predicted molar refractivity (Wildman–Crippen MR) is 124 cm³/mol. The maximum atomic E-state index is 3.58. The second-order valence-electron chi connectivity index (χ2n) is 8.17. The predicted octanol–water partition coefficient (Wildman–Crippen LogP) is 6.47. The minimum Gasteiger partial charge on any atom is -0.309 e. The van der Waals surface area contributed by atoms with Gasteiger partial charge in [-0.15, -0.1) is 0 Å². The third-order valence-corrected chi connectivity index (χ3v) is 6.39. The molecular weight excluding hydrogens is 350 g/mol. The van der Waals surface area contributed by atoms with E-state index in [4.69, 9.17) is 0 Å². The lowest BCUT2D eigenvalue weighted by Crippen LogP contribution is -2.28. The van der Waals surface area contributed by atoms with Crippen LogP contribution in [0, 0.1) is 0 Å². The Morgan fingerprint density at radius 1 is 0.724 bits per heavy atom. The van der Waals surface area contributed by atoms with Crippen LogP contribution in [0.3, 0.4) is 0 Å². The Labute approximate surface area is 171 Å². The lowest BCUT2D eigenvalue weighted by molar-refractivity contribution is 0.741. The van der Waals surface area contributed by atoms with E-state index in [1.807, 2.05) is 0 Å². The number of hydrogen-bond donors (Lipinski definition) is 1. The molecule has 4 aromatic carbocycles. The highest BCUT2D eigenvalue weighted by atomic mass is 14.9. The molecule has 1 aliphatic heterocycles. The molecule has 1 heterocycles.